The number of halogens is 1. The highest BCUT2D eigenvalue weighted by molar-refractivity contribution is 9.10. The number of nitrogens with zero attached hydrogens (tertiary/aromatic N) is 5. The molecule has 0 aliphatic carbocycles. The Hall–Kier alpha value is -2.30. The number of ether oxygens (including phenoxy) is 1. The summed E-state index contributed by atoms with van der Waals surface area (Å²) in [6, 6.07) is 9.61. The van der Waals surface area contributed by atoms with Gasteiger partial charge in [-0.1, -0.05) is 32.9 Å². The van der Waals surface area contributed by atoms with Gasteiger partial charge in [-0.15, -0.1) is 5.10 Å². The minimum Gasteiger partial charge on any atom is -0.385 e. The van der Waals surface area contributed by atoms with Crippen molar-refractivity contribution in [1.82, 2.24) is 30.3 Å². The lowest BCUT2D eigenvalue weighted by Crippen LogP contribution is -2.26. The molecule has 3 rings (SSSR count). The molecule has 3 aromatic rings. The Morgan fingerprint density at radius 3 is 2.57 bits per heavy atom. The zero-order valence-electron chi connectivity index (χ0n) is 17.1. The van der Waals surface area contributed by atoms with Crippen LogP contribution in [0, 0.1) is 13.8 Å². The van der Waals surface area contributed by atoms with Gasteiger partial charge in [0.15, 0.2) is 10.9 Å². The van der Waals surface area contributed by atoms with E-state index in [1.165, 1.54) is 11.8 Å². The van der Waals surface area contributed by atoms with E-state index in [0.717, 1.165) is 28.0 Å². The Labute approximate surface area is 188 Å². The van der Waals surface area contributed by atoms with E-state index in [1.54, 1.807) is 11.8 Å². The number of nitrogens with one attached hydrogen (secondary N) is 1. The number of carbonyl (C=O) groups is 1. The third-order valence-electron chi connectivity index (χ3n) is 4.16. The maximum atomic E-state index is 12.7. The highest BCUT2D eigenvalue weighted by Crippen LogP contribution is 2.24. The number of aromatic nitrogens is 5. The minimum absolute atomic E-state index is 0.258. The molecule has 0 aliphatic rings. The predicted octanol–water partition coefficient (Wildman–Crippen LogP) is 3.50. The maximum absolute atomic E-state index is 12.7. The van der Waals surface area contributed by atoms with E-state index in [2.05, 4.69) is 41.5 Å². The van der Waals surface area contributed by atoms with Crippen LogP contribution in [0.3, 0.4) is 0 Å². The van der Waals surface area contributed by atoms with Crippen molar-refractivity contribution in [3.8, 4) is 5.69 Å². The van der Waals surface area contributed by atoms with E-state index < -0.39 is 0 Å². The first kappa shape index (κ1) is 22.4. The number of thioether (sulfide) groups is 1. The number of aryl methyl sites for hydroxylation is 2. The van der Waals surface area contributed by atoms with E-state index in [0.29, 0.717) is 35.4 Å². The quantitative estimate of drug-likeness (QED) is 0.278. The van der Waals surface area contributed by atoms with Gasteiger partial charge < -0.3 is 10.1 Å². The second kappa shape index (κ2) is 10.6. The van der Waals surface area contributed by atoms with Crippen LogP contribution in [-0.2, 0) is 10.5 Å². The molecule has 1 N–H and O–H groups in total. The molecular weight excluding hydrogens is 468 g/mol. The van der Waals surface area contributed by atoms with Gasteiger partial charge in [-0.25, -0.2) is 14.6 Å². The smallest absolute Gasteiger partial charge is 0.273 e. The summed E-state index contributed by atoms with van der Waals surface area (Å²) >= 11 is 4.89. The number of hydrogen-bond acceptors (Lipinski definition) is 7. The Kier molecular flexibility index (Phi) is 7.94. The van der Waals surface area contributed by atoms with Crippen LogP contribution in [0.1, 0.15) is 34.0 Å². The van der Waals surface area contributed by atoms with Crippen molar-refractivity contribution in [2.45, 2.75) is 31.2 Å². The van der Waals surface area contributed by atoms with Crippen molar-refractivity contribution >= 4 is 33.6 Å². The molecule has 8 nitrogen and oxygen atoms in total. The van der Waals surface area contributed by atoms with Crippen molar-refractivity contribution in [1.29, 1.82) is 0 Å². The van der Waals surface area contributed by atoms with Crippen LogP contribution in [0.15, 0.2) is 40.0 Å². The van der Waals surface area contributed by atoms with E-state index in [9.17, 15) is 4.79 Å². The van der Waals surface area contributed by atoms with Gasteiger partial charge in [0.2, 0.25) is 0 Å². The fourth-order valence-electron chi connectivity index (χ4n) is 2.79. The monoisotopic (exact) mass is 490 g/mol. The Morgan fingerprint density at radius 2 is 1.90 bits per heavy atom. The molecule has 0 aliphatic heterocycles. The van der Waals surface area contributed by atoms with Crippen molar-refractivity contribution in [3.05, 3.63) is 57.6 Å². The lowest BCUT2D eigenvalue weighted by atomic mass is 10.3. The fourth-order valence-corrected chi connectivity index (χ4v) is 4.00. The van der Waals surface area contributed by atoms with E-state index in [1.807, 2.05) is 44.2 Å². The SMILES string of the molecule is COCCCNC(=O)c1nnn(-c2ccc(Br)cc2)c1CSc1nc(C)cc(C)n1. The molecule has 0 atom stereocenters. The van der Waals surface area contributed by atoms with Crippen molar-refractivity contribution in [2.75, 3.05) is 20.3 Å². The number of benzene rings is 1. The van der Waals surface area contributed by atoms with Gasteiger partial charge >= 0.3 is 0 Å². The maximum Gasteiger partial charge on any atom is 0.273 e. The molecule has 158 valence electrons. The van der Waals surface area contributed by atoms with Crippen molar-refractivity contribution < 1.29 is 9.53 Å². The first-order chi connectivity index (χ1) is 14.5. The van der Waals surface area contributed by atoms with Crippen molar-refractivity contribution in [2.24, 2.45) is 0 Å². The second-order valence-corrected chi connectivity index (χ2v) is 8.46. The van der Waals surface area contributed by atoms with Gasteiger partial charge in [0.1, 0.15) is 0 Å². The van der Waals surface area contributed by atoms with E-state index >= 15 is 0 Å². The van der Waals surface area contributed by atoms with E-state index in [-0.39, 0.29) is 5.91 Å². The molecular formula is C20H23BrN6O2S. The molecule has 10 heteroatoms. The van der Waals surface area contributed by atoms with Gasteiger partial charge in [-0.05, 0) is 50.6 Å². The first-order valence-corrected chi connectivity index (χ1v) is 11.2. The predicted molar refractivity (Wildman–Crippen MR) is 119 cm³/mol. The first-order valence-electron chi connectivity index (χ1n) is 9.40. The average Bonchev–Trinajstić information content (AvgIpc) is 3.13. The molecule has 2 aromatic heterocycles. The van der Waals surface area contributed by atoms with Gasteiger partial charge in [0.25, 0.3) is 5.91 Å². The number of methoxy groups -OCH3 is 1. The summed E-state index contributed by atoms with van der Waals surface area (Å²) in [5.74, 6) is 0.193. The minimum atomic E-state index is -0.258. The van der Waals surface area contributed by atoms with Crippen LogP contribution in [0.25, 0.3) is 5.69 Å². The topological polar surface area (TPSA) is 94.8 Å². The van der Waals surface area contributed by atoms with Crippen molar-refractivity contribution in [3.63, 3.8) is 0 Å². The highest BCUT2D eigenvalue weighted by Gasteiger charge is 2.21. The molecule has 0 bridgehead atoms. The summed E-state index contributed by atoms with van der Waals surface area (Å²) in [6.07, 6.45) is 0.726. The largest absolute Gasteiger partial charge is 0.385 e. The fraction of sp³-hybridized carbons (Fsp3) is 0.350. The number of rotatable bonds is 9. The van der Waals surface area contributed by atoms with Gasteiger partial charge in [-0.2, -0.15) is 0 Å². The van der Waals surface area contributed by atoms with Crippen LogP contribution in [-0.4, -0.2) is 51.1 Å². The van der Waals surface area contributed by atoms with Crippen LogP contribution >= 0.6 is 27.7 Å². The molecule has 0 saturated heterocycles. The summed E-state index contributed by atoms with van der Waals surface area (Å²) in [5.41, 5.74) is 3.61. The normalized spacial score (nSPS) is 10.9. The Bertz CT molecular complexity index is 989. The molecule has 30 heavy (non-hydrogen) atoms. The Morgan fingerprint density at radius 1 is 1.20 bits per heavy atom. The zero-order valence-corrected chi connectivity index (χ0v) is 19.5. The van der Waals surface area contributed by atoms with Gasteiger partial charge in [0, 0.05) is 41.9 Å². The average molecular weight is 491 g/mol. The Balaban J connectivity index is 1.87. The zero-order chi connectivity index (χ0) is 21.5. The summed E-state index contributed by atoms with van der Waals surface area (Å²) in [4.78, 5) is 21.7. The third kappa shape index (κ3) is 5.87. The molecule has 0 unspecified atom stereocenters. The number of amides is 1. The van der Waals surface area contributed by atoms with E-state index in [4.69, 9.17) is 4.74 Å². The van der Waals surface area contributed by atoms with Crippen LogP contribution in [0.4, 0.5) is 0 Å². The summed E-state index contributed by atoms with van der Waals surface area (Å²) < 4.78 is 7.67. The second-order valence-electron chi connectivity index (χ2n) is 6.60. The lowest BCUT2D eigenvalue weighted by Gasteiger charge is -2.09. The number of carbonyl (C=O) groups excluding carboxylic acids is 1. The van der Waals surface area contributed by atoms with Gasteiger partial charge in [0.05, 0.1) is 11.4 Å². The molecule has 0 spiro atoms. The molecule has 1 amide bonds. The molecule has 2 heterocycles. The highest BCUT2D eigenvalue weighted by atomic mass is 79.9. The summed E-state index contributed by atoms with van der Waals surface area (Å²) in [7, 11) is 1.63. The van der Waals surface area contributed by atoms with Crippen LogP contribution in [0.5, 0.6) is 0 Å². The molecule has 0 radical (unpaired) electrons. The summed E-state index contributed by atoms with van der Waals surface area (Å²) in [6.45, 7) is 4.96. The number of hydrogen-bond donors (Lipinski definition) is 1. The third-order valence-corrected chi connectivity index (χ3v) is 5.55. The van der Waals surface area contributed by atoms with Crippen LogP contribution < -0.4 is 5.32 Å². The molecule has 0 fully saturated rings. The van der Waals surface area contributed by atoms with Crippen LogP contribution in [0.2, 0.25) is 0 Å². The molecule has 1 aromatic carbocycles. The standard InChI is InChI=1S/C20H23BrN6O2S/c1-13-11-14(2)24-20(23-13)30-12-17-18(19(28)22-9-4-10-29-3)25-26-27(17)16-7-5-15(21)6-8-16/h5-8,11H,4,9-10,12H2,1-3H3,(H,22,28). The molecule has 0 saturated carbocycles. The van der Waals surface area contributed by atoms with Gasteiger partial charge in [-0.3, -0.25) is 4.79 Å². The lowest BCUT2D eigenvalue weighted by molar-refractivity contribution is 0.0943. The summed E-state index contributed by atoms with van der Waals surface area (Å²) in [5, 5.41) is 11.9.